The van der Waals surface area contributed by atoms with Gasteiger partial charge in [0, 0.05) is 44.2 Å². The lowest BCUT2D eigenvalue weighted by atomic mass is 10.1. The summed E-state index contributed by atoms with van der Waals surface area (Å²) in [6.07, 6.45) is -0.329. The Labute approximate surface area is 217 Å². The van der Waals surface area contributed by atoms with Crippen molar-refractivity contribution in [2.24, 2.45) is 0 Å². The minimum Gasteiger partial charge on any atom is -0.444 e. The van der Waals surface area contributed by atoms with Crippen LogP contribution in [0.4, 0.5) is 15.0 Å². The number of carbonyl (C=O) groups excluding carboxylic acids is 1. The molecule has 4 rings (SSSR count). The van der Waals surface area contributed by atoms with E-state index in [-0.39, 0.29) is 12.7 Å². The number of rotatable bonds is 4. The minimum absolute atomic E-state index is 0.265. The van der Waals surface area contributed by atoms with Crippen molar-refractivity contribution < 1.29 is 18.7 Å². The van der Waals surface area contributed by atoms with Crippen LogP contribution in [-0.2, 0) is 16.1 Å². The molecule has 0 spiro atoms. The van der Waals surface area contributed by atoms with E-state index in [4.69, 9.17) is 31.0 Å². The van der Waals surface area contributed by atoms with E-state index in [9.17, 15) is 9.18 Å². The van der Waals surface area contributed by atoms with Crippen molar-refractivity contribution in [3.05, 3.63) is 51.3 Å². The summed E-state index contributed by atoms with van der Waals surface area (Å²) in [6, 6.07) is 8.17. The predicted molar refractivity (Wildman–Crippen MR) is 138 cm³/mol. The smallest absolute Gasteiger partial charge is 0.410 e. The van der Waals surface area contributed by atoms with Crippen LogP contribution in [0.5, 0.6) is 0 Å². The maximum Gasteiger partial charge on any atom is 0.410 e. The largest absolute Gasteiger partial charge is 0.444 e. The highest BCUT2D eigenvalue weighted by Crippen LogP contribution is 2.38. The highest BCUT2D eigenvalue weighted by atomic mass is 79.9. The Morgan fingerprint density at radius 3 is 2.49 bits per heavy atom. The zero-order valence-corrected chi connectivity index (χ0v) is 22.4. The number of benzene rings is 1. The first kappa shape index (κ1) is 25.6. The van der Waals surface area contributed by atoms with Gasteiger partial charge in [0.15, 0.2) is 0 Å². The SMILES string of the molecule is COCc1nc(N2CCN(C(=O)OC(C)(C)C)CC2)c2cc(Cl)c(-c3ccccc3F)nc2c1Br. The monoisotopic (exact) mass is 564 g/mol. The zero-order valence-electron chi connectivity index (χ0n) is 20.1. The number of pyridine rings is 2. The van der Waals surface area contributed by atoms with Crippen LogP contribution >= 0.6 is 27.5 Å². The molecule has 1 aliphatic rings. The van der Waals surface area contributed by atoms with Gasteiger partial charge in [-0.3, -0.25) is 0 Å². The Morgan fingerprint density at radius 2 is 1.86 bits per heavy atom. The summed E-state index contributed by atoms with van der Waals surface area (Å²) < 4.78 is 26.1. The van der Waals surface area contributed by atoms with Crippen molar-refractivity contribution in [2.75, 3.05) is 38.2 Å². The van der Waals surface area contributed by atoms with Gasteiger partial charge in [0.2, 0.25) is 0 Å². The molecular formula is C25H27BrClFN4O3. The van der Waals surface area contributed by atoms with Gasteiger partial charge in [0.05, 0.1) is 33.0 Å². The van der Waals surface area contributed by atoms with Gasteiger partial charge in [-0.1, -0.05) is 23.7 Å². The van der Waals surface area contributed by atoms with Crippen LogP contribution in [0.3, 0.4) is 0 Å². The molecule has 1 aromatic carbocycles. The maximum absolute atomic E-state index is 14.5. The van der Waals surface area contributed by atoms with Crippen molar-refractivity contribution in [2.45, 2.75) is 33.0 Å². The molecule has 0 unspecified atom stereocenters. The molecule has 2 aromatic heterocycles. The van der Waals surface area contributed by atoms with Gasteiger partial charge in [0.1, 0.15) is 17.2 Å². The average Bonchev–Trinajstić information content (AvgIpc) is 2.80. The molecule has 7 nitrogen and oxygen atoms in total. The molecule has 1 amide bonds. The van der Waals surface area contributed by atoms with E-state index in [1.165, 1.54) is 6.07 Å². The summed E-state index contributed by atoms with van der Waals surface area (Å²) in [4.78, 5) is 25.9. The molecule has 0 radical (unpaired) electrons. The molecule has 186 valence electrons. The Hall–Kier alpha value is -2.49. The first-order chi connectivity index (χ1) is 16.6. The lowest BCUT2D eigenvalue weighted by Crippen LogP contribution is -2.50. The standard InChI is InChI=1S/C25H27BrClFN4O3/c1-25(2,3)35-24(33)32-11-9-31(10-12-32)23-16-13-17(27)21(15-7-5-6-8-18(15)28)30-22(16)20(26)19(29-23)14-34-4/h5-8,13H,9-12,14H2,1-4H3. The zero-order chi connectivity index (χ0) is 25.3. The number of hydrogen-bond donors (Lipinski definition) is 0. The second-order valence-electron chi connectivity index (χ2n) is 9.28. The number of aromatic nitrogens is 2. The van der Waals surface area contributed by atoms with Crippen molar-refractivity contribution in [3.63, 3.8) is 0 Å². The van der Waals surface area contributed by atoms with Crippen LogP contribution in [0.2, 0.25) is 5.02 Å². The first-order valence-electron chi connectivity index (χ1n) is 11.2. The first-order valence-corrected chi connectivity index (χ1v) is 12.4. The van der Waals surface area contributed by atoms with E-state index in [1.54, 1.807) is 36.3 Å². The lowest BCUT2D eigenvalue weighted by molar-refractivity contribution is 0.0240. The van der Waals surface area contributed by atoms with Gasteiger partial charge in [-0.25, -0.2) is 19.2 Å². The number of methoxy groups -OCH3 is 1. The molecule has 0 saturated carbocycles. The Morgan fingerprint density at radius 1 is 1.17 bits per heavy atom. The topological polar surface area (TPSA) is 67.8 Å². The minimum atomic E-state index is -0.551. The van der Waals surface area contributed by atoms with Crippen LogP contribution in [0.15, 0.2) is 34.8 Å². The van der Waals surface area contributed by atoms with Crippen LogP contribution in [0.25, 0.3) is 22.2 Å². The molecule has 0 N–H and O–H groups in total. The van der Waals surface area contributed by atoms with Gasteiger partial charge in [-0.2, -0.15) is 0 Å². The summed E-state index contributed by atoms with van der Waals surface area (Å²) in [5.41, 5.74) is 1.40. The number of piperazine rings is 1. The van der Waals surface area contributed by atoms with Crippen LogP contribution in [-0.4, -0.2) is 59.9 Å². The fourth-order valence-electron chi connectivity index (χ4n) is 3.94. The molecule has 0 bridgehead atoms. The van der Waals surface area contributed by atoms with Gasteiger partial charge in [-0.15, -0.1) is 0 Å². The molecular weight excluding hydrogens is 539 g/mol. The third-order valence-electron chi connectivity index (χ3n) is 5.56. The Bertz CT molecular complexity index is 1260. The molecule has 10 heteroatoms. The molecule has 0 atom stereocenters. The number of halogens is 3. The number of amides is 1. The van der Waals surface area contributed by atoms with Crippen LogP contribution in [0.1, 0.15) is 26.5 Å². The van der Waals surface area contributed by atoms with E-state index in [1.807, 2.05) is 20.8 Å². The van der Waals surface area contributed by atoms with E-state index < -0.39 is 11.4 Å². The van der Waals surface area contributed by atoms with Crippen molar-refractivity contribution >= 4 is 50.3 Å². The fourth-order valence-corrected chi connectivity index (χ4v) is 4.70. The van der Waals surface area contributed by atoms with Crippen molar-refractivity contribution in [1.29, 1.82) is 0 Å². The molecule has 0 aliphatic carbocycles. The number of carbonyl (C=O) groups is 1. The fraction of sp³-hybridized carbons (Fsp3) is 0.400. The van der Waals surface area contributed by atoms with Gasteiger partial charge >= 0.3 is 6.09 Å². The molecule has 1 saturated heterocycles. The lowest BCUT2D eigenvalue weighted by Gasteiger charge is -2.36. The molecule has 3 heterocycles. The van der Waals surface area contributed by atoms with E-state index >= 15 is 0 Å². The number of nitrogens with zero attached hydrogens (tertiary/aromatic N) is 4. The van der Waals surface area contributed by atoms with E-state index in [2.05, 4.69) is 20.8 Å². The molecule has 1 fully saturated rings. The normalized spacial score (nSPS) is 14.5. The van der Waals surface area contributed by atoms with Gasteiger partial charge in [-0.05, 0) is 54.9 Å². The third kappa shape index (κ3) is 5.52. The summed E-state index contributed by atoms with van der Waals surface area (Å²) in [6.45, 7) is 7.91. The predicted octanol–water partition coefficient (Wildman–Crippen LogP) is 6.06. The van der Waals surface area contributed by atoms with Gasteiger partial charge < -0.3 is 19.3 Å². The van der Waals surface area contributed by atoms with Crippen LogP contribution in [0, 0.1) is 5.82 Å². The van der Waals surface area contributed by atoms with E-state index in [0.29, 0.717) is 64.0 Å². The van der Waals surface area contributed by atoms with Gasteiger partial charge in [0.25, 0.3) is 0 Å². The third-order valence-corrected chi connectivity index (χ3v) is 6.68. The van der Waals surface area contributed by atoms with Crippen LogP contribution < -0.4 is 4.90 Å². The number of hydrogen-bond acceptors (Lipinski definition) is 6. The summed E-state index contributed by atoms with van der Waals surface area (Å²) in [5.74, 6) is 0.288. The molecule has 1 aliphatic heterocycles. The van der Waals surface area contributed by atoms with Crippen molar-refractivity contribution in [3.8, 4) is 11.3 Å². The summed E-state index contributed by atoms with van der Waals surface area (Å²) in [5, 5.41) is 1.05. The average molecular weight is 566 g/mol. The maximum atomic E-state index is 14.5. The second-order valence-corrected chi connectivity index (χ2v) is 10.5. The number of fused-ring (bicyclic) bond motifs is 1. The number of anilines is 1. The number of ether oxygens (including phenoxy) is 2. The summed E-state index contributed by atoms with van der Waals surface area (Å²) >= 11 is 10.2. The Kier molecular flexibility index (Phi) is 7.49. The highest BCUT2D eigenvalue weighted by Gasteiger charge is 2.28. The highest BCUT2D eigenvalue weighted by molar-refractivity contribution is 9.10. The molecule has 35 heavy (non-hydrogen) atoms. The Balaban J connectivity index is 1.73. The summed E-state index contributed by atoms with van der Waals surface area (Å²) in [7, 11) is 1.59. The van der Waals surface area contributed by atoms with E-state index in [0.717, 1.165) is 5.39 Å². The quantitative estimate of drug-likeness (QED) is 0.383. The second kappa shape index (κ2) is 10.2. The van der Waals surface area contributed by atoms with Crippen molar-refractivity contribution in [1.82, 2.24) is 14.9 Å². The molecule has 3 aromatic rings.